The average Bonchev–Trinajstić information content (AvgIpc) is 3.02. The Morgan fingerprint density at radius 3 is 2.70 bits per heavy atom. The molecule has 1 fully saturated rings. The molecule has 20 heavy (non-hydrogen) atoms. The molecule has 0 aromatic carbocycles. The minimum Gasteiger partial charge on any atom is -0.336 e. The van der Waals surface area contributed by atoms with Crippen LogP contribution in [0.3, 0.4) is 0 Å². The molecule has 1 N–H and O–H groups in total. The van der Waals surface area contributed by atoms with Crippen LogP contribution < -0.4 is 5.32 Å². The zero-order chi connectivity index (χ0) is 14.5. The molecule has 1 saturated heterocycles. The van der Waals surface area contributed by atoms with Crippen molar-refractivity contribution in [3.8, 4) is 0 Å². The fourth-order valence-corrected chi connectivity index (χ4v) is 4.34. The monoisotopic (exact) mass is 332 g/mol. The molecule has 0 saturated carbocycles. The van der Waals surface area contributed by atoms with E-state index >= 15 is 0 Å². The fraction of sp³-hybridized carbons (Fsp3) is 0.636. The fourth-order valence-electron chi connectivity index (χ4n) is 1.46. The first-order valence-corrected chi connectivity index (χ1v) is 9.02. The lowest BCUT2D eigenvalue weighted by molar-refractivity contribution is -0.124. The van der Waals surface area contributed by atoms with Crippen LogP contribution in [-0.2, 0) is 4.79 Å². The van der Waals surface area contributed by atoms with E-state index < -0.39 is 0 Å². The van der Waals surface area contributed by atoms with Crippen LogP contribution in [0.5, 0.6) is 0 Å². The van der Waals surface area contributed by atoms with Crippen LogP contribution in [0.25, 0.3) is 0 Å². The van der Waals surface area contributed by atoms with Crippen molar-refractivity contribution in [3.05, 3.63) is 0 Å². The number of nitrogens with one attached hydrogen (secondary N) is 1. The molecular formula is C11H16N4O2S3. The van der Waals surface area contributed by atoms with E-state index in [1.807, 2.05) is 0 Å². The van der Waals surface area contributed by atoms with Gasteiger partial charge in [-0.2, -0.15) is 0 Å². The van der Waals surface area contributed by atoms with Gasteiger partial charge in [0.2, 0.25) is 5.91 Å². The predicted molar refractivity (Wildman–Crippen MR) is 81.3 cm³/mol. The van der Waals surface area contributed by atoms with Gasteiger partial charge in [-0.15, -0.1) is 10.2 Å². The molecule has 1 aromatic heterocycles. The number of imide groups is 1. The van der Waals surface area contributed by atoms with E-state index in [4.69, 9.17) is 0 Å². The van der Waals surface area contributed by atoms with Crippen molar-refractivity contribution in [2.24, 2.45) is 5.92 Å². The van der Waals surface area contributed by atoms with E-state index in [0.717, 1.165) is 14.4 Å². The highest BCUT2D eigenvalue weighted by Crippen LogP contribution is 2.29. The van der Waals surface area contributed by atoms with Gasteiger partial charge in [-0.05, 0) is 5.92 Å². The quantitative estimate of drug-likeness (QED) is 0.802. The first kappa shape index (κ1) is 15.6. The molecule has 3 amide bonds. The van der Waals surface area contributed by atoms with Crippen molar-refractivity contribution >= 4 is 46.8 Å². The van der Waals surface area contributed by atoms with E-state index in [2.05, 4.69) is 29.4 Å². The molecule has 0 bridgehead atoms. The largest absolute Gasteiger partial charge is 0.336 e. The third kappa shape index (κ3) is 4.35. The van der Waals surface area contributed by atoms with Gasteiger partial charge in [0.15, 0.2) is 8.68 Å². The van der Waals surface area contributed by atoms with Gasteiger partial charge in [-0.25, -0.2) is 4.79 Å². The van der Waals surface area contributed by atoms with Crippen LogP contribution in [-0.4, -0.2) is 51.6 Å². The first-order chi connectivity index (χ1) is 9.56. The highest BCUT2D eigenvalue weighted by atomic mass is 32.2. The maximum atomic E-state index is 11.8. The molecule has 0 spiro atoms. The Kier molecular flexibility index (Phi) is 5.67. The third-order valence-corrected chi connectivity index (χ3v) is 6.01. The highest BCUT2D eigenvalue weighted by Gasteiger charge is 2.26. The maximum absolute atomic E-state index is 11.8. The van der Waals surface area contributed by atoms with Crippen molar-refractivity contribution in [2.45, 2.75) is 22.5 Å². The second-order valence-corrected chi connectivity index (χ2v) is 8.07. The van der Waals surface area contributed by atoms with Crippen molar-refractivity contribution in [1.82, 2.24) is 20.4 Å². The number of hydrogen-bond donors (Lipinski definition) is 1. The normalized spacial score (nSPS) is 14.9. The molecule has 2 rings (SSSR count). The number of amides is 3. The number of carbonyl (C=O) groups is 2. The molecule has 6 nitrogen and oxygen atoms in total. The standard InChI is InChI=1S/C11H16N4O2S3/c1-7(2)5-18-10-13-14-11(20-10)19-6-8(16)15-4-3-12-9(15)17/h7H,3-6H2,1-2H3,(H,12,17). The van der Waals surface area contributed by atoms with Gasteiger partial charge in [0, 0.05) is 18.8 Å². The van der Waals surface area contributed by atoms with Gasteiger partial charge in [0.1, 0.15) is 0 Å². The van der Waals surface area contributed by atoms with Crippen molar-refractivity contribution in [2.75, 3.05) is 24.6 Å². The third-order valence-electron chi connectivity index (χ3n) is 2.41. The molecule has 9 heteroatoms. The summed E-state index contributed by atoms with van der Waals surface area (Å²) in [7, 11) is 0. The molecule has 1 aliphatic rings. The Balaban J connectivity index is 1.79. The summed E-state index contributed by atoms with van der Waals surface area (Å²) in [6.07, 6.45) is 0. The Bertz CT molecular complexity index is 492. The van der Waals surface area contributed by atoms with E-state index in [-0.39, 0.29) is 17.7 Å². The van der Waals surface area contributed by atoms with E-state index in [9.17, 15) is 9.59 Å². The number of hydrogen-bond acceptors (Lipinski definition) is 7. The van der Waals surface area contributed by atoms with Gasteiger partial charge in [-0.1, -0.05) is 48.7 Å². The Hall–Kier alpha value is -0.800. The number of urea groups is 1. The van der Waals surface area contributed by atoms with E-state index in [1.165, 1.54) is 28.0 Å². The minimum atomic E-state index is -0.305. The van der Waals surface area contributed by atoms with Gasteiger partial charge < -0.3 is 5.32 Å². The van der Waals surface area contributed by atoms with Crippen LogP contribution in [0, 0.1) is 5.92 Å². The Labute approximate surface area is 130 Å². The minimum absolute atomic E-state index is 0.184. The lowest BCUT2D eigenvalue weighted by Gasteiger charge is -2.10. The summed E-state index contributed by atoms with van der Waals surface area (Å²) < 4.78 is 1.69. The summed E-state index contributed by atoms with van der Waals surface area (Å²) in [6.45, 7) is 5.29. The number of carbonyl (C=O) groups excluding carboxylic acids is 2. The zero-order valence-electron chi connectivity index (χ0n) is 11.3. The molecule has 1 aromatic rings. The number of rotatable bonds is 6. The number of aromatic nitrogens is 2. The lowest BCUT2D eigenvalue weighted by Crippen LogP contribution is -2.35. The van der Waals surface area contributed by atoms with Crippen LogP contribution in [0.2, 0.25) is 0 Å². The Morgan fingerprint density at radius 1 is 1.40 bits per heavy atom. The second kappa shape index (κ2) is 7.28. The van der Waals surface area contributed by atoms with Gasteiger partial charge >= 0.3 is 6.03 Å². The van der Waals surface area contributed by atoms with Crippen LogP contribution >= 0.6 is 34.9 Å². The molecular weight excluding hydrogens is 316 g/mol. The van der Waals surface area contributed by atoms with Crippen LogP contribution in [0.15, 0.2) is 8.68 Å². The summed E-state index contributed by atoms with van der Waals surface area (Å²) in [5, 5.41) is 10.7. The second-order valence-electron chi connectivity index (χ2n) is 4.60. The van der Waals surface area contributed by atoms with Gasteiger partial charge in [-0.3, -0.25) is 9.69 Å². The number of thioether (sulfide) groups is 2. The smallest absolute Gasteiger partial charge is 0.324 e. The molecule has 110 valence electrons. The maximum Gasteiger partial charge on any atom is 0.324 e. The average molecular weight is 332 g/mol. The van der Waals surface area contributed by atoms with Crippen molar-refractivity contribution in [3.63, 3.8) is 0 Å². The van der Waals surface area contributed by atoms with Crippen LogP contribution in [0.1, 0.15) is 13.8 Å². The summed E-state index contributed by atoms with van der Waals surface area (Å²) in [4.78, 5) is 24.4. The molecule has 0 aliphatic carbocycles. The van der Waals surface area contributed by atoms with Crippen molar-refractivity contribution in [1.29, 1.82) is 0 Å². The molecule has 0 atom stereocenters. The summed E-state index contributed by atoms with van der Waals surface area (Å²) in [6, 6.07) is -0.305. The van der Waals surface area contributed by atoms with E-state index in [0.29, 0.717) is 19.0 Å². The molecule has 2 heterocycles. The summed E-state index contributed by atoms with van der Waals surface area (Å²) in [5.41, 5.74) is 0. The lowest BCUT2D eigenvalue weighted by atomic mass is 10.3. The zero-order valence-corrected chi connectivity index (χ0v) is 13.7. The molecule has 0 radical (unpaired) electrons. The number of nitrogens with zero attached hydrogens (tertiary/aromatic N) is 3. The first-order valence-electron chi connectivity index (χ1n) is 6.23. The van der Waals surface area contributed by atoms with E-state index in [1.54, 1.807) is 11.8 Å². The van der Waals surface area contributed by atoms with Gasteiger partial charge in [0.25, 0.3) is 0 Å². The SMILES string of the molecule is CC(C)CSc1nnc(SCC(=O)N2CCNC2=O)s1. The highest BCUT2D eigenvalue weighted by molar-refractivity contribution is 8.03. The topological polar surface area (TPSA) is 75.2 Å². The van der Waals surface area contributed by atoms with Crippen LogP contribution in [0.4, 0.5) is 4.79 Å². The Morgan fingerprint density at radius 2 is 2.10 bits per heavy atom. The molecule has 1 aliphatic heterocycles. The van der Waals surface area contributed by atoms with Gasteiger partial charge in [0.05, 0.1) is 5.75 Å². The molecule has 0 unspecified atom stereocenters. The summed E-state index contributed by atoms with van der Waals surface area (Å²) >= 11 is 4.51. The summed E-state index contributed by atoms with van der Waals surface area (Å²) in [5.74, 6) is 1.65. The predicted octanol–water partition coefficient (Wildman–Crippen LogP) is 1.93. The van der Waals surface area contributed by atoms with Crippen molar-refractivity contribution < 1.29 is 9.59 Å².